The number of rotatable bonds is 4. The average molecular weight is 362 g/mol. The Hall–Kier alpha value is -3.68. The first-order valence-electron chi connectivity index (χ1n) is 8.37. The van der Waals surface area contributed by atoms with Crippen molar-refractivity contribution in [3.63, 3.8) is 0 Å². The number of primary amides is 1. The molecule has 0 saturated heterocycles. The maximum absolute atomic E-state index is 12.1. The second-order valence-electron chi connectivity index (χ2n) is 6.15. The van der Waals surface area contributed by atoms with Gasteiger partial charge in [0.25, 0.3) is 0 Å². The maximum Gasteiger partial charge on any atom is 0.248 e. The van der Waals surface area contributed by atoms with E-state index in [-0.39, 0.29) is 0 Å². The molecule has 0 fully saturated rings. The van der Waals surface area contributed by atoms with Crippen molar-refractivity contribution in [1.29, 1.82) is 0 Å². The predicted molar refractivity (Wildman–Crippen MR) is 99.9 cm³/mol. The zero-order valence-electron chi connectivity index (χ0n) is 14.9. The number of pyridine rings is 1. The van der Waals surface area contributed by atoms with Crippen molar-refractivity contribution >= 4 is 11.9 Å². The highest BCUT2D eigenvalue weighted by Gasteiger charge is 2.33. The first kappa shape index (κ1) is 16.8. The average Bonchev–Trinajstić information content (AvgIpc) is 3.11. The molecular formula is C19H18N6O2. The van der Waals surface area contributed by atoms with E-state index in [4.69, 9.17) is 10.5 Å². The number of nitrogens with two attached hydrogens (primary N) is 1. The smallest absolute Gasteiger partial charge is 0.248 e. The van der Waals surface area contributed by atoms with E-state index in [2.05, 4.69) is 20.4 Å². The lowest BCUT2D eigenvalue weighted by Gasteiger charge is -2.27. The van der Waals surface area contributed by atoms with Crippen molar-refractivity contribution in [2.24, 2.45) is 5.73 Å². The Morgan fingerprint density at radius 3 is 2.85 bits per heavy atom. The van der Waals surface area contributed by atoms with Crippen molar-refractivity contribution in [2.75, 3.05) is 12.4 Å². The van der Waals surface area contributed by atoms with E-state index in [9.17, 15) is 4.79 Å². The summed E-state index contributed by atoms with van der Waals surface area (Å²) in [6, 6.07) is 10.7. The molecule has 0 aliphatic carbocycles. The first-order chi connectivity index (χ1) is 13.1. The molecule has 1 atom stereocenters. The Morgan fingerprint density at radius 2 is 2.15 bits per heavy atom. The highest BCUT2D eigenvalue weighted by molar-refractivity contribution is 5.95. The van der Waals surface area contributed by atoms with Gasteiger partial charge in [-0.1, -0.05) is 18.2 Å². The van der Waals surface area contributed by atoms with Crippen molar-refractivity contribution in [3.05, 3.63) is 65.6 Å². The summed E-state index contributed by atoms with van der Waals surface area (Å²) in [4.78, 5) is 20.9. The zero-order valence-corrected chi connectivity index (χ0v) is 14.9. The number of ether oxygens (including phenoxy) is 1. The quantitative estimate of drug-likeness (QED) is 0.736. The molecule has 1 aliphatic rings. The largest absolute Gasteiger partial charge is 0.497 e. The molecule has 0 spiro atoms. The fraction of sp³-hybridized carbons (Fsp3) is 0.158. The number of benzene rings is 1. The van der Waals surface area contributed by atoms with Crippen LogP contribution in [0.1, 0.15) is 18.5 Å². The third kappa shape index (κ3) is 2.91. The van der Waals surface area contributed by atoms with Crippen LogP contribution in [0.5, 0.6) is 5.75 Å². The molecular weight excluding hydrogens is 344 g/mol. The number of aromatic nitrogens is 4. The van der Waals surface area contributed by atoms with Gasteiger partial charge >= 0.3 is 0 Å². The molecule has 0 unspecified atom stereocenters. The van der Waals surface area contributed by atoms with Crippen LogP contribution in [-0.4, -0.2) is 32.8 Å². The molecule has 3 heterocycles. The maximum atomic E-state index is 12.1. The lowest BCUT2D eigenvalue weighted by atomic mass is 9.97. The SMILES string of the molecule is COc1cccc(-c2nc3n(n2)[C@@H](c2cccnc2)C(C(N)=O)=C(C)N3)c1. The van der Waals surface area contributed by atoms with Gasteiger partial charge < -0.3 is 15.8 Å². The number of fused-ring (bicyclic) bond motifs is 1. The summed E-state index contributed by atoms with van der Waals surface area (Å²) in [5.74, 6) is 1.25. The van der Waals surface area contributed by atoms with Crippen LogP contribution < -0.4 is 15.8 Å². The monoisotopic (exact) mass is 362 g/mol. The van der Waals surface area contributed by atoms with Gasteiger partial charge in [-0.25, -0.2) is 4.68 Å². The van der Waals surface area contributed by atoms with Gasteiger partial charge in [0.2, 0.25) is 11.9 Å². The lowest BCUT2D eigenvalue weighted by Crippen LogP contribution is -2.31. The van der Waals surface area contributed by atoms with Gasteiger partial charge in [0.15, 0.2) is 5.82 Å². The second-order valence-corrected chi connectivity index (χ2v) is 6.15. The molecule has 3 aromatic rings. The van der Waals surface area contributed by atoms with Crippen molar-refractivity contribution in [2.45, 2.75) is 13.0 Å². The highest BCUT2D eigenvalue weighted by atomic mass is 16.5. The van der Waals surface area contributed by atoms with Gasteiger partial charge in [-0.15, -0.1) is 5.10 Å². The van der Waals surface area contributed by atoms with E-state index in [0.717, 1.165) is 11.1 Å². The molecule has 1 aliphatic heterocycles. The van der Waals surface area contributed by atoms with Gasteiger partial charge in [0.1, 0.15) is 11.8 Å². The summed E-state index contributed by atoms with van der Waals surface area (Å²) in [5.41, 5.74) is 8.35. The number of methoxy groups -OCH3 is 1. The standard InChI is InChI=1S/C19H18N6O2/c1-11-15(17(20)26)16(13-6-4-8-21-10-13)25-19(22-11)23-18(24-25)12-5-3-7-14(9-12)27-2/h3-10,16H,1-2H3,(H2,20,26)(H,22,23,24)/t16-/m0/s1. The van der Waals surface area contributed by atoms with Crippen LogP contribution in [0.2, 0.25) is 0 Å². The predicted octanol–water partition coefficient (Wildman–Crippen LogP) is 2.12. The molecule has 136 valence electrons. The summed E-state index contributed by atoms with van der Waals surface area (Å²) in [6.07, 6.45) is 3.37. The fourth-order valence-electron chi connectivity index (χ4n) is 3.20. The van der Waals surface area contributed by atoms with Crippen LogP contribution in [-0.2, 0) is 4.79 Å². The Labute approximate surface area is 155 Å². The van der Waals surface area contributed by atoms with E-state index in [1.54, 1.807) is 31.1 Å². The van der Waals surface area contributed by atoms with Crippen molar-refractivity contribution in [1.82, 2.24) is 19.7 Å². The van der Waals surface area contributed by atoms with Crippen LogP contribution in [0.3, 0.4) is 0 Å². The minimum Gasteiger partial charge on any atom is -0.497 e. The molecule has 1 amide bonds. The lowest BCUT2D eigenvalue weighted by molar-refractivity contribution is -0.115. The molecule has 0 saturated carbocycles. The topological polar surface area (TPSA) is 108 Å². The van der Waals surface area contributed by atoms with Crippen LogP contribution in [0.15, 0.2) is 60.1 Å². The zero-order chi connectivity index (χ0) is 19.0. The number of nitrogens with one attached hydrogen (secondary N) is 1. The normalized spacial score (nSPS) is 15.9. The molecule has 0 bridgehead atoms. The van der Waals surface area contributed by atoms with E-state index in [0.29, 0.717) is 28.8 Å². The van der Waals surface area contributed by atoms with E-state index < -0.39 is 11.9 Å². The summed E-state index contributed by atoms with van der Waals surface area (Å²) in [7, 11) is 1.61. The van der Waals surface area contributed by atoms with Gasteiger partial charge in [-0.05, 0) is 30.7 Å². The third-order valence-corrected chi connectivity index (χ3v) is 4.45. The number of amides is 1. The number of anilines is 1. The molecule has 4 rings (SSSR count). The van der Waals surface area contributed by atoms with Gasteiger partial charge in [0.05, 0.1) is 12.7 Å². The fourth-order valence-corrected chi connectivity index (χ4v) is 3.20. The second kappa shape index (κ2) is 6.56. The van der Waals surface area contributed by atoms with E-state index >= 15 is 0 Å². The molecule has 8 nitrogen and oxygen atoms in total. The Balaban J connectivity index is 1.86. The number of carbonyl (C=O) groups excluding carboxylic acids is 1. The number of hydrogen-bond acceptors (Lipinski definition) is 6. The summed E-state index contributed by atoms with van der Waals surface area (Å²) >= 11 is 0. The van der Waals surface area contributed by atoms with Gasteiger partial charge in [-0.3, -0.25) is 9.78 Å². The Morgan fingerprint density at radius 1 is 1.30 bits per heavy atom. The minimum absolute atomic E-state index is 0.428. The van der Waals surface area contributed by atoms with E-state index in [1.807, 2.05) is 36.4 Å². The molecule has 1 aromatic carbocycles. The molecule has 2 aromatic heterocycles. The summed E-state index contributed by atoms with van der Waals surface area (Å²) in [6.45, 7) is 1.80. The molecule has 3 N–H and O–H groups in total. The molecule has 8 heteroatoms. The van der Waals surface area contributed by atoms with Gasteiger partial charge in [-0.2, -0.15) is 4.98 Å². The summed E-state index contributed by atoms with van der Waals surface area (Å²) < 4.78 is 6.94. The number of carbonyl (C=O) groups is 1. The number of nitrogens with zero attached hydrogens (tertiary/aromatic N) is 4. The number of hydrogen-bond donors (Lipinski definition) is 2. The van der Waals surface area contributed by atoms with Crippen LogP contribution in [0.25, 0.3) is 11.4 Å². The third-order valence-electron chi connectivity index (χ3n) is 4.45. The summed E-state index contributed by atoms with van der Waals surface area (Å²) in [5, 5.41) is 7.77. The highest BCUT2D eigenvalue weighted by Crippen LogP contribution is 2.35. The van der Waals surface area contributed by atoms with Crippen LogP contribution in [0.4, 0.5) is 5.95 Å². The van der Waals surface area contributed by atoms with Crippen molar-refractivity contribution in [3.8, 4) is 17.1 Å². The molecule has 0 radical (unpaired) electrons. The first-order valence-corrected chi connectivity index (χ1v) is 8.37. The van der Waals surface area contributed by atoms with E-state index in [1.165, 1.54) is 0 Å². The van der Waals surface area contributed by atoms with Crippen LogP contribution in [0, 0.1) is 0 Å². The van der Waals surface area contributed by atoms with Crippen molar-refractivity contribution < 1.29 is 9.53 Å². The Bertz CT molecular complexity index is 1040. The minimum atomic E-state index is -0.516. The molecule has 27 heavy (non-hydrogen) atoms. The van der Waals surface area contributed by atoms with Crippen LogP contribution >= 0.6 is 0 Å². The van der Waals surface area contributed by atoms with Gasteiger partial charge in [0, 0.05) is 23.7 Å². The number of allylic oxidation sites excluding steroid dienone is 1. The Kier molecular flexibility index (Phi) is 4.08.